The van der Waals surface area contributed by atoms with E-state index in [0.29, 0.717) is 12.0 Å². The molecule has 4 nitrogen and oxygen atoms in total. The van der Waals surface area contributed by atoms with Crippen LogP contribution in [0.1, 0.15) is 34.1 Å². The van der Waals surface area contributed by atoms with E-state index in [0.717, 1.165) is 0 Å². The Morgan fingerprint density at radius 1 is 1.41 bits per heavy atom. The van der Waals surface area contributed by atoms with E-state index >= 15 is 0 Å². The summed E-state index contributed by atoms with van der Waals surface area (Å²) in [5.74, 6) is 0.0444. The van der Waals surface area contributed by atoms with E-state index in [9.17, 15) is 15.0 Å². The molecule has 0 saturated carbocycles. The summed E-state index contributed by atoms with van der Waals surface area (Å²) in [6.07, 6.45) is -0.483. The van der Waals surface area contributed by atoms with E-state index in [4.69, 9.17) is 4.74 Å². The highest BCUT2D eigenvalue weighted by molar-refractivity contribution is 5.92. The van der Waals surface area contributed by atoms with E-state index in [1.54, 1.807) is 13.8 Å². The van der Waals surface area contributed by atoms with Crippen LogP contribution in [0, 0.1) is 5.41 Å². The van der Waals surface area contributed by atoms with Crippen LogP contribution in [0.5, 0.6) is 0 Å². The molecule has 1 fully saturated rings. The van der Waals surface area contributed by atoms with Gasteiger partial charge in [-0.3, -0.25) is 4.79 Å². The van der Waals surface area contributed by atoms with Gasteiger partial charge in [-0.1, -0.05) is 13.8 Å². The van der Waals surface area contributed by atoms with E-state index in [1.165, 1.54) is 6.08 Å². The SMILES string of the molecule is CC1=CC(=O)CC(C)(C)[C@]12O[C@@H](C)[C@H](O)[C@H]2O. The van der Waals surface area contributed by atoms with E-state index in [2.05, 4.69) is 0 Å². The van der Waals surface area contributed by atoms with Crippen LogP contribution in [-0.2, 0) is 9.53 Å². The number of aliphatic hydroxyl groups excluding tert-OH is 2. The summed E-state index contributed by atoms with van der Waals surface area (Å²) in [4.78, 5) is 11.6. The molecular weight excluding hydrogens is 220 g/mol. The molecule has 2 aliphatic rings. The van der Waals surface area contributed by atoms with Crippen LogP contribution < -0.4 is 0 Å². The second-order valence-corrected chi connectivity index (χ2v) is 5.85. The monoisotopic (exact) mass is 240 g/mol. The average Bonchev–Trinajstić information content (AvgIpc) is 2.41. The molecule has 4 atom stereocenters. The maximum absolute atomic E-state index is 11.6. The Morgan fingerprint density at radius 2 is 2.00 bits per heavy atom. The minimum Gasteiger partial charge on any atom is -0.388 e. The smallest absolute Gasteiger partial charge is 0.156 e. The minimum atomic E-state index is -0.989. The molecule has 96 valence electrons. The number of ketones is 1. The lowest BCUT2D eigenvalue weighted by molar-refractivity contribution is -0.144. The first kappa shape index (κ1) is 12.7. The van der Waals surface area contributed by atoms with Gasteiger partial charge in [0.25, 0.3) is 0 Å². The van der Waals surface area contributed by atoms with Crippen LogP contribution in [-0.4, -0.2) is 39.9 Å². The van der Waals surface area contributed by atoms with Crippen LogP contribution in [0.15, 0.2) is 11.6 Å². The lowest BCUT2D eigenvalue weighted by Gasteiger charge is -2.48. The maximum Gasteiger partial charge on any atom is 0.156 e. The molecule has 1 spiro atoms. The summed E-state index contributed by atoms with van der Waals surface area (Å²) < 4.78 is 5.87. The fraction of sp³-hybridized carbons (Fsp3) is 0.769. The van der Waals surface area contributed by atoms with Gasteiger partial charge in [-0.05, 0) is 25.5 Å². The topological polar surface area (TPSA) is 66.8 Å². The summed E-state index contributed by atoms with van der Waals surface area (Å²) in [6, 6.07) is 0. The number of hydrogen-bond acceptors (Lipinski definition) is 4. The molecule has 0 aromatic rings. The lowest BCUT2D eigenvalue weighted by Crippen LogP contribution is -2.57. The molecule has 0 bridgehead atoms. The van der Waals surface area contributed by atoms with E-state index in [-0.39, 0.29) is 5.78 Å². The van der Waals surface area contributed by atoms with Gasteiger partial charge >= 0.3 is 0 Å². The van der Waals surface area contributed by atoms with Crippen LogP contribution in [0.4, 0.5) is 0 Å². The highest BCUT2D eigenvalue weighted by Crippen LogP contribution is 2.52. The quantitative estimate of drug-likeness (QED) is 0.657. The zero-order chi connectivity index (χ0) is 13.0. The zero-order valence-electron chi connectivity index (χ0n) is 10.7. The Hall–Kier alpha value is -0.710. The van der Waals surface area contributed by atoms with Gasteiger partial charge in [-0.15, -0.1) is 0 Å². The van der Waals surface area contributed by atoms with Gasteiger partial charge in [-0.2, -0.15) is 0 Å². The van der Waals surface area contributed by atoms with Gasteiger partial charge in [0.2, 0.25) is 0 Å². The second-order valence-electron chi connectivity index (χ2n) is 5.85. The van der Waals surface area contributed by atoms with Gasteiger partial charge in [-0.25, -0.2) is 0 Å². The highest BCUT2D eigenvalue weighted by atomic mass is 16.6. The van der Waals surface area contributed by atoms with Crippen molar-refractivity contribution < 1.29 is 19.7 Å². The Labute approximate surface area is 101 Å². The van der Waals surface area contributed by atoms with Crippen molar-refractivity contribution in [3.63, 3.8) is 0 Å². The number of ether oxygens (including phenoxy) is 1. The van der Waals surface area contributed by atoms with Crippen molar-refractivity contribution in [1.82, 2.24) is 0 Å². The Kier molecular flexibility index (Phi) is 2.73. The Bertz CT molecular complexity index is 385. The van der Waals surface area contributed by atoms with E-state index in [1.807, 2.05) is 13.8 Å². The lowest BCUT2D eigenvalue weighted by atomic mass is 9.62. The molecule has 17 heavy (non-hydrogen) atoms. The highest BCUT2D eigenvalue weighted by Gasteiger charge is 2.62. The van der Waals surface area contributed by atoms with Gasteiger partial charge in [0, 0.05) is 11.8 Å². The molecule has 4 heteroatoms. The third-order valence-electron chi connectivity index (χ3n) is 4.18. The molecule has 0 radical (unpaired) electrons. The van der Waals surface area contributed by atoms with Gasteiger partial charge in [0.1, 0.15) is 17.8 Å². The molecule has 2 N–H and O–H groups in total. The Morgan fingerprint density at radius 3 is 2.41 bits per heavy atom. The average molecular weight is 240 g/mol. The van der Waals surface area contributed by atoms with Gasteiger partial charge in [0.05, 0.1) is 6.10 Å². The molecule has 0 aromatic heterocycles. The van der Waals surface area contributed by atoms with Crippen molar-refractivity contribution in [2.75, 3.05) is 0 Å². The molecule has 1 aliphatic heterocycles. The molecule has 1 saturated heterocycles. The first-order valence-corrected chi connectivity index (χ1v) is 5.98. The van der Waals surface area contributed by atoms with Gasteiger partial charge < -0.3 is 14.9 Å². The van der Waals surface area contributed by atoms with Crippen LogP contribution in [0.25, 0.3) is 0 Å². The van der Waals surface area contributed by atoms with Gasteiger partial charge in [0.15, 0.2) is 5.78 Å². The third-order valence-corrected chi connectivity index (χ3v) is 4.18. The number of carbonyl (C=O) groups excluding carboxylic acids is 1. The zero-order valence-corrected chi connectivity index (χ0v) is 10.7. The fourth-order valence-electron chi connectivity index (χ4n) is 3.32. The first-order chi connectivity index (χ1) is 7.72. The molecule has 1 aliphatic carbocycles. The van der Waals surface area contributed by atoms with Crippen molar-refractivity contribution in [2.24, 2.45) is 5.41 Å². The largest absolute Gasteiger partial charge is 0.388 e. The number of rotatable bonds is 0. The second kappa shape index (κ2) is 3.64. The summed E-state index contributed by atoms with van der Waals surface area (Å²) in [7, 11) is 0. The normalized spacial score (nSPS) is 45.2. The van der Waals surface area contributed by atoms with Crippen molar-refractivity contribution in [1.29, 1.82) is 0 Å². The summed E-state index contributed by atoms with van der Waals surface area (Å²) >= 11 is 0. The van der Waals surface area contributed by atoms with Crippen LogP contribution in [0.3, 0.4) is 0 Å². The molecule has 0 aromatic carbocycles. The van der Waals surface area contributed by atoms with Crippen molar-refractivity contribution >= 4 is 5.78 Å². The number of carbonyl (C=O) groups is 1. The predicted octanol–water partition coefficient (Wildman–Crippen LogP) is 0.811. The van der Waals surface area contributed by atoms with Crippen LogP contribution >= 0.6 is 0 Å². The van der Waals surface area contributed by atoms with Crippen molar-refractivity contribution in [3.8, 4) is 0 Å². The summed E-state index contributed by atoms with van der Waals surface area (Å²) in [5.41, 5.74) is -0.761. The van der Waals surface area contributed by atoms with Crippen LogP contribution in [0.2, 0.25) is 0 Å². The molecular formula is C13H20O4. The fourth-order valence-corrected chi connectivity index (χ4v) is 3.32. The maximum atomic E-state index is 11.6. The molecule has 0 amide bonds. The molecule has 1 heterocycles. The summed E-state index contributed by atoms with van der Waals surface area (Å²) in [5, 5.41) is 20.2. The van der Waals surface area contributed by atoms with Crippen molar-refractivity contribution in [2.45, 2.75) is 58.0 Å². The molecule has 2 rings (SSSR count). The minimum absolute atomic E-state index is 0.0444. The number of allylic oxidation sites excluding steroid dienone is 1. The third kappa shape index (κ3) is 1.51. The number of hydrogen-bond donors (Lipinski definition) is 2. The number of aliphatic hydroxyl groups is 2. The predicted molar refractivity (Wildman–Crippen MR) is 62.5 cm³/mol. The Balaban J connectivity index is 2.55. The summed E-state index contributed by atoms with van der Waals surface area (Å²) in [6.45, 7) is 7.32. The van der Waals surface area contributed by atoms with E-state index < -0.39 is 29.3 Å². The van der Waals surface area contributed by atoms with Crippen molar-refractivity contribution in [3.05, 3.63) is 11.6 Å². The first-order valence-electron chi connectivity index (χ1n) is 5.98. The standard InChI is InChI=1S/C13H20O4/c1-7-5-9(14)6-12(3,4)13(7)11(16)10(15)8(2)17-13/h5,8,10-11,15-16H,6H2,1-4H3/t8-,10-,11+,13-/m0/s1. The molecule has 0 unspecified atom stereocenters.